The Hall–Kier alpha value is -1.74. The van der Waals surface area contributed by atoms with E-state index in [2.05, 4.69) is 43.2 Å². The van der Waals surface area contributed by atoms with Gasteiger partial charge < -0.3 is 5.32 Å². The molecule has 106 valence electrons. The highest BCUT2D eigenvalue weighted by Crippen LogP contribution is 2.36. The molecule has 1 aromatic heterocycles. The van der Waals surface area contributed by atoms with Gasteiger partial charge in [0.05, 0.1) is 6.20 Å². The van der Waals surface area contributed by atoms with Crippen molar-refractivity contribution in [3.05, 3.63) is 65.7 Å². The molecule has 0 aliphatic carbocycles. The Morgan fingerprint density at radius 3 is 2.50 bits per heavy atom. The summed E-state index contributed by atoms with van der Waals surface area (Å²) in [6.07, 6.45) is 2.98. The lowest BCUT2D eigenvalue weighted by Crippen LogP contribution is -2.37. The smallest absolute Gasteiger partial charge is 0.141 e. The highest BCUT2D eigenvalue weighted by molar-refractivity contribution is 5.30. The largest absolute Gasteiger partial charge is 0.309 e. The van der Waals surface area contributed by atoms with Crippen LogP contribution in [0.1, 0.15) is 37.9 Å². The van der Waals surface area contributed by atoms with E-state index in [1.54, 1.807) is 12.3 Å². The average Bonchev–Trinajstić information content (AvgIpc) is 2.45. The zero-order valence-electron chi connectivity index (χ0n) is 12.2. The van der Waals surface area contributed by atoms with E-state index in [0.29, 0.717) is 0 Å². The summed E-state index contributed by atoms with van der Waals surface area (Å²) >= 11 is 0. The van der Waals surface area contributed by atoms with E-state index in [9.17, 15) is 4.39 Å². The predicted molar refractivity (Wildman–Crippen MR) is 80.1 cm³/mol. The minimum absolute atomic E-state index is 0.0121. The molecule has 2 aromatic rings. The summed E-state index contributed by atoms with van der Waals surface area (Å²) in [4.78, 5) is 3.98. The quantitative estimate of drug-likeness (QED) is 0.894. The molecule has 20 heavy (non-hydrogen) atoms. The summed E-state index contributed by atoms with van der Waals surface area (Å²) in [5, 5.41) is 3.46. The van der Waals surface area contributed by atoms with Crippen molar-refractivity contribution in [1.82, 2.24) is 10.3 Å². The van der Waals surface area contributed by atoms with Gasteiger partial charge in [-0.3, -0.25) is 4.98 Å². The fraction of sp³-hybridized carbons (Fsp3) is 0.353. The Morgan fingerprint density at radius 2 is 1.90 bits per heavy atom. The van der Waals surface area contributed by atoms with Crippen molar-refractivity contribution in [2.45, 2.75) is 32.2 Å². The molecule has 0 spiro atoms. The van der Waals surface area contributed by atoms with Crippen molar-refractivity contribution in [2.75, 3.05) is 6.54 Å². The van der Waals surface area contributed by atoms with Crippen LogP contribution in [0.25, 0.3) is 0 Å². The topological polar surface area (TPSA) is 24.9 Å². The molecule has 0 fully saturated rings. The highest BCUT2D eigenvalue weighted by atomic mass is 19.1. The SMILES string of the molecule is CCNC(c1cncc(F)c1)C(C)(C)c1ccccc1. The average molecular weight is 272 g/mol. The maximum absolute atomic E-state index is 13.5. The van der Waals surface area contributed by atoms with E-state index in [-0.39, 0.29) is 17.3 Å². The first-order valence-corrected chi connectivity index (χ1v) is 6.95. The second-order valence-corrected chi connectivity index (χ2v) is 5.51. The van der Waals surface area contributed by atoms with Crippen LogP contribution in [-0.4, -0.2) is 11.5 Å². The van der Waals surface area contributed by atoms with E-state index in [0.717, 1.165) is 12.1 Å². The molecule has 0 amide bonds. The van der Waals surface area contributed by atoms with Gasteiger partial charge in [-0.05, 0) is 23.7 Å². The number of likely N-dealkylation sites (N-methyl/N-ethyl adjacent to an activating group) is 1. The fourth-order valence-corrected chi connectivity index (χ4v) is 2.61. The van der Waals surface area contributed by atoms with Gasteiger partial charge in [-0.25, -0.2) is 4.39 Å². The third-order valence-corrected chi connectivity index (χ3v) is 3.71. The number of hydrogen-bond acceptors (Lipinski definition) is 2. The maximum Gasteiger partial charge on any atom is 0.141 e. The molecule has 1 heterocycles. The van der Waals surface area contributed by atoms with Crippen LogP contribution >= 0.6 is 0 Å². The normalized spacial score (nSPS) is 13.2. The summed E-state index contributed by atoms with van der Waals surface area (Å²) in [6, 6.07) is 11.9. The van der Waals surface area contributed by atoms with Gasteiger partial charge in [0, 0.05) is 17.7 Å². The lowest BCUT2D eigenvalue weighted by molar-refractivity contribution is 0.352. The van der Waals surface area contributed by atoms with Crippen molar-refractivity contribution in [1.29, 1.82) is 0 Å². The highest BCUT2D eigenvalue weighted by Gasteiger charge is 2.32. The number of benzene rings is 1. The van der Waals surface area contributed by atoms with Crippen LogP contribution in [0, 0.1) is 5.82 Å². The van der Waals surface area contributed by atoms with Crippen LogP contribution in [0.5, 0.6) is 0 Å². The Bertz CT molecular complexity index is 552. The summed E-state index contributed by atoms with van der Waals surface area (Å²) in [7, 11) is 0. The second-order valence-electron chi connectivity index (χ2n) is 5.51. The van der Waals surface area contributed by atoms with E-state index >= 15 is 0 Å². The third kappa shape index (κ3) is 3.05. The number of aromatic nitrogens is 1. The first-order valence-electron chi connectivity index (χ1n) is 6.95. The van der Waals surface area contributed by atoms with Crippen molar-refractivity contribution in [2.24, 2.45) is 0 Å². The maximum atomic E-state index is 13.5. The van der Waals surface area contributed by atoms with Crippen molar-refractivity contribution < 1.29 is 4.39 Å². The minimum atomic E-state index is -0.297. The molecule has 1 unspecified atom stereocenters. The number of nitrogens with zero attached hydrogens (tertiary/aromatic N) is 1. The van der Waals surface area contributed by atoms with Gasteiger partial charge in [0.2, 0.25) is 0 Å². The zero-order chi connectivity index (χ0) is 14.6. The predicted octanol–water partition coefficient (Wildman–Crippen LogP) is 3.85. The minimum Gasteiger partial charge on any atom is -0.309 e. The molecule has 0 radical (unpaired) electrons. The molecular weight excluding hydrogens is 251 g/mol. The van der Waals surface area contributed by atoms with Gasteiger partial charge in [-0.15, -0.1) is 0 Å². The Balaban J connectivity index is 2.42. The molecule has 2 nitrogen and oxygen atoms in total. The summed E-state index contributed by atoms with van der Waals surface area (Å²) < 4.78 is 13.5. The second kappa shape index (κ2) is 6.14. The number of hydrogen-bond donors (Lipinski definition) is 1. The van der Waals surface area contributed by atoms with Crippen LogP contribution in [0.2, 0.25) is 0 Å². The number of halogens is 1. The molecular formula is C17H21FN2. The van der Waals surface area contributed by atoms with Crippen LogP contribution < -0.4 is 5.32 Å². The first-order chi connectivity index (χ1) is 9.55. The molecule has 1 atom stereocenters. The lowest BCUT2D eigenvalue weighted by Gasteiger charge is -2.35. The van der Waals surface area contributed by atoms with E-state index in [1.165, 1.54) is 11.8 Å². The molecule has 0 saturated heterocycles. The Labute approximate surface area is 120 Å². The molecule has 0 aliphatic heterocycles. The zero-order valence-corrected chi connectivity index (χ0v) is 12.2. The van der Waals surface area contributed by atoms with E-state index in [4.69, 9.17) is 0 Å². The van der Waals surface area contributed by atoms with Gasteiger partial charge in [0.25, 0.3) is 0 Å². The van der Waals surface area contributed by atoms with Crippen molar-refractivity contribution >= 4 is 0 Å². The molecule has 0 bridgehead atoms. The molecule has 0 aliphatic rings. The van der Waals surface area contributed by atoms with Crippen molar-refractivity contribution in [3.63, 3.8) is 0 Å². The molecule has 1 aromatic carbocycles. The van der Waals surface area contributed by atoms with Gasteiger partial charge in [0.15, 0.2) is 0 Å². The van der Waals surface area contributed by atoms with Gasteiger partial charge in [-0.1, -0.05) is 51.1 Å². The number of nitrogens with one attached hydrogen (secondary N) is 1. The summed E-state index contributed by atoms with van der Waals surface area (Å²) in [6.45, 7) is 7.21. The van der Waals surface area contributed by atoms with Gasteiger partial charge >= 0.3 is 0 Å². The lowest BCUT2D eigenvalue weighted by atomic mass is 9.75. The van der Waals surface area contributed by atoms with Crippen LogP contribution in [0.3, 0.4) is 0 Å². The van der Waals surface area contributed by atoms with E-state index in [1.807, 2.05) is 18.2 Å². The number of pyridine rings is 1. The Morgan fingerprint density at radius 1 is 1.20 bits per heavy atom. The molecule has 1 N–H and O–H groups in total. The van der Waals surface area contributed by atoms with Crippen molar-refractivity contribution in [3.8, 4) is 0 Å². The Kier molecular flexibility index (Phi) is 4.50. The van der Waals surface area contributed by atoms with Crippen LogP contribution in [0.4, 0.5) is 4.39 Å². The summed E-state index contributed by atoms with van der Waals surface area (Å²) in [5.74, 6) is -0.297. The molecule has 2 rings (SSSR count). The molecule has 0 saturated carbocycles. The van der Waals surface area contributed by atoms with Gasteiger partial charge in [0.1, 0.15) is 5.82 Å². The van der Waals surface area contributed by atoms with Crippen LogP contribution in [-0.2, 0) is 5.41 Å². The fourth-order valence-electron chi connectivity index (χ4n) is 2.61. The van der Waals surface area contributed by atoms with Crippen LogP contribution in [0.15, 0.2) is 48.8 Å². The summed E-state index contributed by atoms with van der Waals surface area (Å²) in [5.41, 5.74) is 1.93. The van der Waals surface area contributed by atoms with E-state index < -0.39 is 0 Å². The van der Waals surface area contributed by atoms with Gasteiger partial charge in [-0.2, -0.15) is 0 Å². The first kappa shape index (κ1) is 14.7. The molecule has 3 heteroatoms. The number of rotatable bonds is 5. The third-order valence-electron chi connectivity index (χ3n) is 3.71. The monoisotopic (exact) mass is 272 g/mol. The standard InChI is InChI=1S/C17H21FN2/c1-4-20-16(13-10-15(18)12-19-11-13)17(2,3)14-8-6-5-7-9-14/h5-12,16,20H,4H2,1-3H3.